The molecule has 1 aliphatic heterocycles. The van der Waals surface area contributed by atoms with E-state index in [1.807, 2.05) is 50.2 Å². The number of nitrogens with zero attached hydrogens (tertiary/aromatic N) is 1. The molecule has 4 rings (SSSR count). The second-order valence-electron chi connectivity index (χ2n) is 7.70. The number of imide groups is 1. The van der Waals surface area contributed by atoms with Crippen LogP contribution in [0, 0.1) is 0 Å². The molecular formula is C27H27NO5. The van der Waals surface area contributed by atoms with Crippen molar-refractivity contribution < 1.29 is 23.8 Å². The van der Waals surface area contributed by atoms with Crippen molar-refractivity contribution in [3.8, 4) is 11.5 Å². The monoisotopic (exact) mass is 445 g/mol. The van der Waals surface area contributed by atoms with Gasteiger partial charge < -0.3 is 14.2 Å². The van der Waals surface area contributed by atoms with Crippen molar-refractivity contribution in [3.05, 3.63) is 95.1 Å². The molecule has 0 N–H and O–H groups in total. The van der Waals surface area contributed by atoms with Crippen molar-refractivity contribution in [1.82, 2.24) is 4.90 Å². The Morgan fingerprint density at radius 2 is 1.45 bits per heavy atom. The summed E-state index contributed by atoms with van der Waals surface area (Å²) in [6.07, 6.45) is 0.350. The molecule has 3 aromatic rings. The average Bonchev–Trinajstić information content (AvgIpc) is 3.12. The summed E-state index contributed by atoms with van der Waals surface area (Å²) in [4.78, 5) is 28.2. The molecule has 1 atom stereocenters. The standard InChI is InChI=1S/C27H27NO5/c1-4-27(33-18-19-11-7-6-8-12-19,20-15-16-23(31-3)24(17-20)32-5-2)28-25(29)21-13-9-10-14-22(21)26(28)30/h6-17H,4-5,18H2,1-3H3. The highest BCUT2D eigenvalue weighted by molar-refractivity contribution is 6.21. The van der Waals surface area contributed by atoms with E-state index in [0.29, 0.717) is 41.2 Å². The zero-order chi connectivity index (χ0) is 23.4. The van der Waals surface area contributed by atoms with Gasteiger partial charge in [-0.1, -0.05) is 55.5 Å². The highest BCUT2D eigenvalue weighted by Gasteiger charge is 2.50. The van der Waals surface area contributed by atoms with E-state index in [4.69, 9.17) is 14.2 Å². The number of benzene rings is 3. The van der Waals surface area contributed by atoms with Gasteiger partial charge in [0, 0.05) is 5.56 Å². The van der Waals surface area contributed by atoms with Crippen LogP contribution in [0.15, 0.2) is 72.8 Å². The summed E-state index contributed by atoms with van der Waals surface area (Å²) in [6, 6.07) is 21.9. The molecule has 170 valence electrons. The Morgan fingerprint density at radius 1 is 0.818 bits per heavy atom. The van der Waals surface area contributed by atoms with Crippen molar-refractivity contribution in [1.29, 1.82) is 0 Å². The molecule has 1 heterocycles. The van der Waals surface area contributed by atoms with Crippen LogP contribution in [-0.2, 0) is 17.1 Å². The fraction of sp³-hybridized carbons (Fsp3) is 0.259. The third kappa shape index (κ3) is 3.98. The quantitative estimate of drug-likeness (QED) is 0.425. The van der Waals surface area contributed by atoms with Crippen molar-refractivity contribution in [2.45, 2.75) is 32.6 Å². The molecular weight excluding hydrogens is 418 g/mol. The fourth-order valence-corrected chi connectivity index (χ4v) is 4.22. The number of carbonyl (C=O) groups excluding carboxylic acids is 2. The smallest absolute Gasteiger partial charge is 0.264 e. The molecule has 6 heteroatoms. The van der Waals surface area contributed by atoms with Gasteiger partial charge in [-0.15, -0.1) is 0 Å². The first-order chi connectivity index (χ1) is 16.1. The largest absolute Gasteiger partial charge is 0.493 e. The minimum absolute atomic E-state index is 0.220. The van der Waals surface area contributed by atoms with E-state index in [9.17, 15) is 9.59 Å². The summed E-state index contributed by atoms with van der Waals surface area (Å²) < 4.78 is 17.7. The average molecular weight is 446 g/mol. The summed E-state index contributed by atoms with van der Waals surface area (Å²) in [5.41, 5.74) is 0.996. The van der Waals surface area contributed by atoms with E-state index in [1.165, 1.54) is 4.90 Å². The van der Waals surface area contributed by atoms with E-state index in [1.54, 1.807) is 43.5 Å². The highest BCUT2D eigenvalue weighted by Crippen LogP contribution is 2.43. The van der Waals surface area contributed by atoms with E-state index >= 15 is 0 Å². The summed E-state index contributed by atoms with van der Waals surface area (Å²) in [6.45, 7) is 4.45. The normalized spacial score (nSPS) is 14.7. The zero-order valence-corrected chi connectivity index (χ0v) is 19.0. The minimum Gasteiger partial charge on any atom is -0.493 e. The Bertz CT molecular complexity index is 1130. The van der Waals surface area contributed by atoms with Crippen LogP contribution in [-0.4, -0.2) is 30.4 Å². The van der Waals surface area contributed by atoms with Crippen molar-refractivity contribution in [3.63, 3.8) is 0 Å². The SMILES string of the molecule is CCOc1cc(C(CC)(OCc2ccccc2)N2C(=O)c3ccccc3C2=O)ccc1OC. The third-order valence-corrected chi connectivity index (χ3v) is 5.87. The van der Waals surface area contributed by atoms with Gasteiger partial charge in [0.25, 0.3) is 11.8 Å². The lowest BCUT2D eigenvalue weighted by Gasteiger charge is -2.40. The second-order valence-corrected chi connectivity index (χ2v) is 7.70. The topological polar surface area (TPSA) is 65.1 Å². The van der Waals surface area contributed by atoms with Gasteiger partial charge in [-0.3, -0.25) is 9.59 Å². The van der Waals surface area contributed by atoms with Gasteiger partial charge in [-0.25, -0.2) is 4.90 Å². The minimum atomic E-state index is -1.33. The van der Waals surface area contributed by atoms with E-state index in [-0.39, 0.29) is 18.4 Å². The van der Waals surface area contributed by atoms with Gasteiger partial charge in [-0.2, -0.15) is 0 Å². The van der Waals surface area contributed by atoms with Crippen LogP contribution in [0.3, 0.4) is 0 Å². The van der Waals surface area contributed by atoms with Gasteiger partial charge in [0.05, 0.1) is 31.5 Å². The number of methoxy groups -OCH3 is 1. The van der Waals surface area contributed by atoms with Gasteiger partial charge in [0.2, 0.25) is 0 Å². The Morgan fingerprint density at radius 3 is 2.03 bits per heavy atom. The molecule has 0 aliphatic carbocycles. The van der Waals surface area contributed by atoms with Gasteiger partial charge in [-0.05, 0) is 43.2 Å². The van der Waals surface area contributed by atoms with Crippen LogP contribution >= 0.6 is 0 Å². The van der Waals surface area contributed by atoms with Crippen molar-refractivity contribution in [2.24, 2.45) is 0 Å². The number of fused-ring (bicyclic) bond motifs is 1. The molecule has 0 saturated carbocycles. The van der Waals surface area contributed by atoms with E-state index in [0.717, 1.165) is 5.56 Å². The number of carbonyl (C=O) groups is 2. The van der Waals surface area contributed by atoms with E-state index in [2.05, 4.69) is 0 Å². The first-order valence-electron chi connectivity index (χ1n) is 11.0. The number of hydrogen-bond donors (Lipinski definition) is 0. The molecule has 1 unspecified atom stereocenters. The predicted octanol–water partition coefficient (Wildman–Crippen LogP) is 5.17. The van der Waals surface area contributed by atoms with Crippen LogP contribution in [0.25, 0.3) is 0 Å². The molecule has 0 radical (unpaired) electrons. The summed E-state index contributed by atoms with van der Waals surface area (Å²) in [5, 5.41) is 0. The molecule has 0 bridgehead atoms. The van der Waals surface area contributed by atoms with E-state index < -0.39 is 5.72 Å². The molecule has 0 saturated heterocycles. The molecule has 3 aromatic carbocycles. The highest BCUT2D eigenvalue weighted by atomic mass is 16.5. The maximum absolute atomic E-state index is 13.5. The Labute approximate surface area is 193 Å². The van der Waals surface area contributed by atoms with Crippen LogP contribution in [0.2, 0.25) is 0 Å². The number of ether oxygens (including phenoxy) is 3. The van der Waals surface area contributed by atoms with Crippen LogP contribution in [0.4, 0.5) is 0 Å². The number of hydrogen-bond acceptors (Lipinski definition) is 5. The molecule has 2 amide bonds. The number of amides is 2. The van der Waals surface area contributed by atoms with Crippen molar-refractivity contribution in [2.75, 3.05) is 13.7 Å². The molecule has 0 fully saturated rings. The van der Waals surface area contributed by atoms with Crippen molar-refractivity contribution >= 4 is 11.8 Å². The zero-order valence-electron chi connectivity index (χ0n) is 19.0. The van der Waals surface area contributed by atoms with Gasteiger partial charge in [0.1, 0.15) is 0 Å². The number of rotatable bonds is 9. The Kier molecular flexibility index (Phi) is 6.47. The fourth-order valence-electron chi connectivity index (χ4n) is 4.22. The Balaban J connectivity index is 1.84. The second kappa shape index (κ2) is 9.46. The van der Waals surface area contributed by atoms with Gasteiger partial charge >= 0.3 is 0 Å². The summed E-state index contributed by atoms with van der Waals surface area (Å²) in [7, 11) is 1.57. The first kappa shape index (κ1) is 22.6. The summed E-state index contributed by atoms with van der Waals surface area (Å²) >= 11 is 0. The molecule has 0 aromatic heterocycles. The lowest BCUT2D eigenvalue weighted by atomic mass is 9.96. The maximum Gasteiger partial charge on any atom is 0.264 e. The van der Waals surface area contributed by atoms with Gasteiger partial charge in [0.15, 0.2) is 17.2 Å². The molecule has 1 aliphatic rings. The third-order valence-electron chi connectivity index (χ3n) is 5.87. The van der Waals surface area contributed by atoms with Crippen LogP contribution in [0.5, 0.6) is 11.5 Å². The predicted molar refractivity (Wildman–Crippen MR) is 124 cm³/mol. The maximum atomic E-state index is 13.5. The van der Waals surface area contributed by atoms with Crippen LogP contribution < -0.4 is 9.47 Å². The van der Waals surface area contributed by atoms with Crippen LogP contribution in [0.1, 0.15) is 52.1 Å². The molecule has 0 spiro atoms. The lowest BCUT2D eigenvalue weighted by molar-refractivity contribution is -0.139. The molecule has 6 nitrogen and oxygen atoms in total. The molecule has 33 heavy (non-hydrogen) atoms. The summed E-state index contributed by atoms with van der Waals surface area (Å²) in [5.74, 6) is 0.338. The Hall–Kier alpha value is -3.64. The first-order valence-corrected chi connectivity index (χ1v) is 11.0. The lowest BCUT2D eigenvalue weighted by Crippen LogP contribution is -2.51.